The average Bonchev–Trinajstić information content (AvgIpc) is 3.30. The maximum absolute atomic E-state index is 13.2. The van der Waals surface area contributed by atoms with Crippen LogP contribution in [0.4, 0.5) is 9.39 Å². The number of anilines is 1. The van der Waals surface area contributed by atoms with Crippen LogP contribution >= 0.6 is 11.3 Å². The first-order valence-corrected chi connectivity index (χ1v) is 14.0. The Labute approximate surface area is 213 Å². The molecule has 1 amide bonds. The Bertz CT molecular complexity index is 1380. The van der Waals surface area contributed by atoms with Crippen molar-refractivity contribution in [3.63, 3.8) is 0 Å². The Hall–Kier alpha value is -3.08. The highest BCUT2D eigenvalue weighted by atomic mass is 32.2. The van der Waals surface area contributed by atoms with E-state index in [1.165, 1.54) is 29.6 Å². The fraction of sp³-hybridized carbons (Fsp3) is 0.308. The number of rotatable bonds is 8. The number of fused-ring (bicyclic) bond motifs is 1. The number of halogens is 1. The summed E-state index contributed by atoms with van der Waals surface area (Å²) in [5.74, 6) is -1.78. The normalized spacial score (nSPS) is 14.1. The third kappa shape index (κ3) is 5.50. The quantitative estimate of drug-likeness (QED) is 0.403. The van der Waals surface area contributed by atoms with E-state index in [9.17, 15) is 22.4 Å². The van der Waals surface area contributed by atoms with Gasteiger partial charge in [0.1, 0.15) is 22.4 Å². The summed E-state index contributed by atoms with van der Waals surface area (Å²) in [5, 5.41) is 4.77. The molecule has 3 aromatic rings. The maximum Gasteiger partial charge on any atom is 0.341 e. The first kappa shape index (κ1) is 26.0. The molecule has 1 aliphatic rings. The average molecular weight is 531 g/mol. The topological polar surface area (TPSA) is 102 Å². The molecule has 10 heteroatoms. The van der Waals surface area contributed by atoms with Gasteiger partial charge in [-0.25, -0.2) is 17.6 Å². The monoisotopic (exact) mass is 530 g/mol. The predicted molar refractivity (Wildman–Crippen MR) is 137 cm³/mol. The standard InChI is InChI=1S/C26H27FN2O5S2/c1-3-22(29-36(32,33)20-12-10-19(27)11-13-20)24(30)28-25-23(26(31)34-2)21(15-35-25)18-9-8-16-6-4-5-7-17(16)14-18/h8-15,22,29H,3-7H2,1-2H3,(H,28,30). The van der Waals surface area contributed by atoms with Crippen LogP contribution in [0.1, 0.15) is 47.7 Å². The molecular formula is C26H27FN2O5S2. The van der Waals surface area contributed by atoms with Crippen molar-refractivity contribution < 1.29 is 27.1 Å². The van der Waals surface area contributed by atoms with Crippen LogP contribution in [0.5, 0.6) is 0 Å². The zero-order valence-electron chi connectivity index (χ0n) is 20.0. The van der Waals surface area contributed by atoms with Crippen LogP contribution in [-0.2, 0) is 32.4 Å². The van der Waals surface area contributed by atoms with E-state index in [4.69, 9.17) is 4.74 Å². The van der Waals surface area contributed by atoms with Gasteiger partial charge in [-0.15, -0.1) is 11.3 Å². The van der Waals surface area contributed by atoms with Crippen LogP contribution in [0.25, 0.3) is 11.1 Å². The summed E-state index contributed by atoms with van der Waals surface area (Å²) in [6.07, 6.45) is 4.46. The lowest BCUT2D eigenvalue weighted by atomic mass is 9.89. The SMILES string of the molecule is CCC(NS(=O)(=O)c1ccc(F)cc1)C(=O)Nc1scc(-c2ccc3c(c2)CCCC3)c1C(=O)OC. The summed E-state index contributed by atoms with van der Waals surface area (Å²) < 4.78 is 46.0. The zero-order valence-corrected chi connectivity index (χ0v) is 21.6. The third-order valence-electron chi connectivity index (χ3n) is 6.22. The molecule has 0 aliphatic heterocycles. The maximum atomic E-state index is 13.2. The van der Waals surface area contributed by atoms with E-state index in [1.54, 1.807) is 12.3 Å². The number of carbonyl (C=O) groups is 2. The minimum absolute atomic E-state index is 0.156. The van der Waals surface area contributed by atoms with Crippen LogP contribution in [0.2, 0.25) is 0 Å². The van der Waals surface area contributed by atoms with E-state index >= 15 is 0 Å². The first-order chi connectivity index (χ1) is 17.2. The summed E-state index contributed by atoms with van der Waals surface area (Å²) in [6, 6.07) is 9.34. The number of ether oxygens (including phenoxy) is 1. The van der Waals surface area contributed by atoms with Gasteiger partial charge in [-0.3, -0.25) is 4.79 Å². The molecule has 0 saturated carbocycles. The van der Waals surface area contributed by atoms with Crippen LogP contribution in [0.15, 0.2) is 52.7 Å². The van der Waals surface area contributed by atoms with Crippen LogP contribution in [0.3, 0.4) is 0 Å². The van der Waals surface area contributed by atoms with Gasteiger partial charge in [0.2, 0.25) is 15.9 Å². The number of methoxy groups -OCH3 is 1. The van der Waals surface area contributed by atoms with E-state index in [-0.39, 0.29) is 21.9 Å². The number of esters is 1. The smallest absolute Gasteiger partial charge is 0.341 e. The number of amides is 1. The van der Waals surface area contributed by atoms with Gasteiger partial charge in [0.05, 0.1) is 12.0 Å². The Balaban J connectivity index is 1.60. The molecule has 0 spiro atoms. The Kier molecular flexibility index (Phi) is 7.87. The van der Waals surface area contributed by atoms with Gasteiger partial charge in [0, 0.05) is 10.9 Å². The van der Waals surface area contributed by atoms with Crippen molar-refractivity contribution in [2.75, 3.05) is 12.4 Å². The summed E-state index contributed by atoms with van der Waals surface area (Å²) in [7, 11) is -2.80. The van der Waals surface area contributed by atoms with Crippen molar-refractivity contribution in [1.82, 2.24) is 4.72 Å². The second-order valence-corrected chi connectivity index (χ2v) is 11.2. The fourth-order valence-electron chi connectivity index (χ4n) is 4.26. The molecule has 7 nitrogen and oxygen atoms in total. The minimum Gasteiger partial charge on any atom is -0.465 e. The Morgan fingerprint density at radius 3 is 2.44 bits per heavy atom. The molecule has 0 fully saturated rings. The van der Waals surface area contributed by atoms with Crippen LogP contribution in [0, 0.1) is 5.82 Å². The van der Waals surface area contributed by atoms with Gasteiger partial charge < -0.3 is 10.1 Å². The number of benzene rings is 2. The van der Waals surface area contributed by atoms with Crippen LogP contribution < -0.4 is 10.0 Å². The fourth-order valence-corrected chi connectivity index (χ4v) is 6.50. The third-order valence-corrected chi connectivity index (χ3v) is 8.61. The predicted octanol–water partition coefficient (Wildman–Crippen LogP) is 4.92. The van der Waals surface area contributed by atoms with E-state index in [1.807, 2.05) is 6.07 Å². The number of sulfonamides is 1. The van der Waals surface area contributed by atoms with Gasteiger partial charge >= 0.3 is 5.97 Å². The van der Waals surface area contributed by atoms with Crippen molar-refractivity contribution in [3.05, 3.63) is 70.4 Å². The van der Waals surface area contributed by atoms with Gasteiger partial charge in [0.25, 0.3) is 0 Å². The molecular weight excluding hydrogens is 503 g/mol. The van der Waals surface area contributed by atoms with Crippen molar-refractivity contribution in [1.29, 1.82) is 0 Å². The highest BCUT2D eigenvalue weighted by Crippen LogP contribution is 2.38. The van der Waals surface area contributed by atoms with Crippen molar-refractivity contribution in [2.24, 2.45) is 0 Å². The number of hydrogen-bond acceptors (Lipinski definition) is 6. The van der Waals surface area contributed by atoms with Crippen molar-refractivity contribution in [2.45, 2.75) is 50.0 Å². The van der Waals surface area contributed by atoms with Gasteiger partial charge in [-0.2, -0.15) is 4.72 Å². The molecule has 4 rings (SSSR count). The van der Waals surface area contributed by atoms with Gasteiger partial charge in [-0.1, -0.05) is 25.1 Å². The molecule has 1 aliphatic carbocycles. The molecule has 1 aromatic heterocycles. The molecule has 36 heavy (non-hydrogen) atoms. The Morgan fingerprint density at radius 1 is 1.08 bits per heavy atom. The number of hydrogen-bond donors (Lipinski definition) is 2. The van der Waals surface area contributed by atoms with Crippen molar-refractivity contribution >= 4 is 38.2 Å². The molecule has 0 bridgehead atoms. The number of nitrogens with one attached hydrogen (secondary N) is 2. The van der Waals surface area contributed by atoms with Crippen LogP contribution in [-0.4, -0.2) is 33.4 Å². The van der Waals surface area contributed by atoms with E-state index in [2.05, 4.69) is 22.2 Å². The summed E-state index contributed by atoms with van der Waals surface area (Å²) in [5.41, 5.74) is 4.30. The van der Waals surface area contributed by atoms with E-state index < -0.39 is 33.8 Å². The van der Waals surface area contributed by atoms with Gasteiger partial charge in [-0.05, 0) is 73.1 Å². The molecule has 2 N–H and O–H groups in total. The van der Waals surface area contributed by atoms with Crippen molar-refractivity contribution in [3.8, 4) is 11.1 Å². The minimum atomic E-state index is -4.07. The number of carbonyl (C=O) groups excluding carboxylic acids is 2. The lowest BCUT2D eigenvalue weighted by molar-refractivity contribution is -0.117. The lowest BCUT2D eigenvalue weighted by Crippen LogP contribution is -2.43. The first-order valence-electron chi connectivity index (χ1n) is 11.6. The molecule has 0 saturated heterocycles. The highest BCUT2D eigenvalue weighted by Gasteiger charge is 2.28. The number of thiophene rings is 1. The summed E-state index contributed by atoms with van der Waals surface area (Å²) >= 11 is 1.17. The molecule has 1 unspecified atom stereocenters. The zero-order chi connectivity index (χ0) is 25.9. The number of aryl methyl sites for hydroxylation is 2. The van der Waals surface area contributed by atoms with E-state index in [0.717, 1.165) is 55.5 Å². The molecule has 1 heterocycles. The Morgan fingerprint density at radius 2 is 1.78 bits per heavy atom. The summed E-state index contributed by atoms with van der Waals surface area (Å²) in [6.45, 7) is 1.66. The molecule has 1 atom stereocenters. The second kappa shape index (κ2) is 10.9. The van der Waals surface area contributed by atoms with Gasteiger partial charge in [0.15, 0.2) is 0 Å². The molecule has 190 valence electrons. The largest absolute Gasteiger partial charge is 0.465 e. The highest BCUT2D eigenvalue weighted by molar-refractivity contribution is 7.89. The molecule has 0 radical (unpaired) electrons. The lowest BCUT2D eigenvalue weighted by Gasteiger charge is -2.18. The molecule has 2 aromatic carbocycles. The van der Waals surface area contributed by atoms with E-state index in [0.29, 0.717) is 5.56 Å². The second-order valence-electron chi connectivity index (χ2n) is 8.56. The summed E-state index contributed by atoms with van der Waals surface area (Å²) in [4.78, 5) is 25.6.